The predicted octanol–water partition coefficient (Wildman–Crippen LogP) is 2.87. The molecule has 0 saturated heterocycles. The fourth-order valence-corrected chi connectivity index (χ4v) is 0.633. The van der Waals surface area contributed by atoms with E-state index < -0.39 is 44.4 Å². The Bertz CT molecular complexity index is 216. The number of alkyl halides is 7. The summed E-state index contributed by atoms with van der Waals surface area (Å²) in [5, 5.41) is 0. The predicted molar refractivity (Wildman–Crippen MR) is 43.2 cm³/mol. The zero-order valence-corrected chi connectivity index (χ0v) is 8.74. The molecule has 0 aromatic heterocycles. The van der Waals surface area contributed by atoms with Crippen LogP contribution in [0.25, 0.3) is 0 Å². The van der Waals surface area contributed by atoms with Gasteiger partial charge in [0.1, 0.15) is 0 Å². The Morgan fingerprint density at radius 1 is 1.00 bits per heavy atom. The minimum Gasteiger partial charge on any atom is -0.376 e. The summed E-state index contributed by atoms with van der Waals surface area (Å²) in [5.41, 5.74) is 0. The molecule has 0 fully saturated rings. The molecule has 0 spiro atoms. The highest BCUT2D eigenvalue weighted by Crippen LogP contribution is 2.24. The summed E-state index contributed by atoms with van der Waals surface area (Å²) in [6, 6.07) is 0. The van der Waals surface area contributed by atoms with Gasteiger partial charge in [-0.2, -0.15) is 22.0 Å². The molecule has 0 radical (unpaired) electrons. The highest BCUT2D eigenvalue weighted by atomic mass is 19.4. The molecule has 0 amide bonds. The third-order valence-electron chi connectivity index (χ3n) is 1.60. The van der Waals surface area contributed by atoms with E-state index in [1.165, 1.54) is 0 Å². The van der Waals surface area contributed by atoms with Crippen LogP contribution in [-0.4, -0.2) is 44.4 Å². The minimum atomic E-state index is -5.06. The van der Waals surface area contributed by atoms with Crippen LogP contribution in [0.15, 0.2) is 0 Å². The van der Waals surface area contributed by atoms with E-state index in [1.54, 1.807) is 0 Å². The van der Waals surface area contributed by atoms with Gasteiger partial charge in [0, 0.05) is 0 Å². The molecule has 2 nitrogen and oxygen atoms in total. The van der Waals surface area contributed by atoms with Crippen molar-refractivity contribution in [1.29, 1.82) is 0 Å². The van der Waals surface area contributed by atoms with Crippen LogP contribution < -0.4 is 0 Å². The van der Waals surface area contributed by atoms with Crippen LogP contribution in [0.3, 0.4) is 0 Å². The van der Waals surface area contributed by atoms with Crippen LogP contribution in [0, 0.1) is 0 Å². The number of halogens is 7. The summed E-state index contributed by atoms with van der Waals surface area (Å²) in [6.45, 7) is -2.30. The van der Waals surface area contributed by atoms with Gasteiger partial charge in [-0.05, 0) is 6.92 Å². The molecule has 0 saturated carbocycles. The SMILES string of the molecule is CC(F)C(F)(F)OCCOCC(F)C(F)(F)F. The Kier molecular flexibility index (Phi) is 6.17. The van der Waals surface area contributed by atoms with Crippen LogP contribution in [0.1, 0.15) is 6.92 Å². The number of hydrogen-bond acceptors (Lipinski definition) is 2. The second kappa shape index (κ2) is 6.39. The van der Waals surface area contributed by atoms with Crippen molar-refractivity contribution in [1.82, 2.24) is 0 Å². The molecule has 0 heterocycles. The Balaban J connectivity index is 3.67. The van der Waals surface area contributed by atoms with E-state index in [4.69, 9.17) is 0 Å². The molecule has 104 valence electrons. The molecule has 0 aromatic carbocycles. The van der Waals surface area contributed by atoms with Gasteiger partial charge in [0.25, 0.3) is 0 Å². The van der Waals surface area contributed by atoms with Crippen LogP contribution in [0.5, 0.6) is 0 Å². The molecule has 0 aliphatic heterocycles. The lowest BCUT2D eigenvalue weighted by Gasteiger charge is -2.18. The van der Waals surface area contributed by atoms with E-state index in [-0.39, 0.29) is 0 Å². The van der Waals surface area contributed by atoms with Gasteiger partial charge < -0.3 is 9.47 Å². The number of rotatable bonds is 7. The molecule has 0 aliphatic rings. The number of hydrogen-bond donors (Lipinski definition) is 0. The fourth-order valence-electron chi connectivity index (χ4n) is 0.633. The van der Waals surface area contributed by atoms with Crippen LogP contribution in [0.4, 0.5) is 30.7 Å². The first-order chi connectivity index (χ1) is 7.57. The molecular formula is C8H11F7O2. The summed E-state index contributed by atoms with van der Waals surface area (Å²) in [7, 11) is 0. The number of ether oxygens (including phenoxy) is 2. The average molecular weight is 272 g/mol. The van der Waals surface area contributed by atoms with E-state index in [2.05, 4.69) is 9.47 Å². The van der Waals surface area contributed by atoms with Crippen molar-refractivity contribution in [2.75, 3.05) is 19.8 Å². The molecule has 0 aliphatic carbocycles. The molecule has 0 aromatic rings. The maximum absolute atomic E-state index is 12.4. The molecule has 17 heavy (non-hydrogen) atoms. The molecule has 0 rings (SSSR count). The van der Waals surface area contributed by atoms with Gasteiger partial charge in [0.05, 0.1) is 19.8 Å². The zero-order valence-electron chi connectivity index (χ0n) is 8.74. The van der Waals surface area contributed by atoms with Crippen LogP contribution >= 0.6 is 0 Å². The topological polar surface area (TPSA) is 18.5 Å². The van der Waals surface area contributed by atoms with E-state index in [0.29, 0.717) is 6.92 Å². The maximum atomic E-state index is 12.4. The van der Waals surface area contributed by atoms with E-state index in [0.717, 1.165) is 0 Å². The Hall–Kier alpha value is -0.570. The highest BCUT2D eigenvalue weighted by Gasteiger charge is 2.40. The van der Waals surface area contributed by atoms with Crippen molar-refractivity contribution in [3.8, 4) is 0 Å². The van der Waals surface area contributed by atoms with Crippen molar-refractivity contribution < 1.29 is 40.2 Å². The van der Waals surface area contributed by atoms with Gasteiger partial charge in [-0.3, -0.25) is 0 Å². The quantitative estimate of drug-likeness (QED) is 0.524. The monoisotopic (exact) mass is 272 g/mol. The van der Waals surface area contributed by atoms with Crippen LogP contribution in [-0.2, 0) is 9.47 Å². The smallest absolute Gasteiger partial charge is 0.376 e. The van der Waals surface area contributed by atoms with Crippen LogP contribution in [0.2, 0.25) is 0 Å². The third kappa shape index (κ3) is 6.67. The zero-order chi connectivity index (χ0) is 13.7. The summed E-state index contributed by atoms with van der Waals surface area (Å²) >= 11 is 0. The Labute approximate surface area is 92.7 Å². The van der Waals surface area contributed by atoms with Crippen molar-refractivity contribution in [2.45, 2.75) is 31.6 Å². The van der Waals surface area contributed by atoms with Crippen molar-refractivity contribution in [2.24, 2.45) is 0 Å². The second-order valence-electron chi connectivity index (χ2n) is 3.11. The first-order valence-corrected chi connectivity index (χ1v) is 4.51. The van der Waals surface area contributed by atoms with Gasteiger partial charge >= 0.3 is 12.3 Å². The van der Waals surface area contributed by atoms with Crippen molar-refractivity contribution in [3.05, 3.63) is 0 Å². The minimum absolute atomic E-state index is 0.558. The maximum Gasteiger partial charge on any atom is 0.421 e. The first-order valence-electron chi connectivity index (χ1n) is 4.51. The standard InChI is InChI=1S/C8H11F7O2/c1-5(9)8(14,15)17-3-2-16-4-6(10)7(11,12)13/h5-6H,2-4H2,1H3. The largest absolute Gasteiger partial charge is 0.421 e. The summed E-state index contributed by atoms with van der Waals surface area (Å²) < 4.78 is 91.8. The molecule has 2 atom stereocenters. The van der Waals surface area contributed by atoms with Gasteiger partial charge in [0.15, 0.2) is 6.17 Å². The average Bonchev–Trinajstić information content (AvgIpc) is 2.15. The molecule has 9 heteroatoms. The summed E-state index contributed by atoms with van der Waals surface area (Å²) in [6.07, 6.45) is -14.9. The summed E-state index contributed by atoms with van der Waals surface area (Å²) in [5.74, 6) is 0. The Morgan fingerprint density at radius 3 is 1.94 bits per heavy atom. The highest BCUT2D eigenvalue weighted by molar-refractivity contribution is 4.64. The van der Waals surface area contributed by atoms with Gasteiger partial charge in [0.2, 0.25) is 6.17 Å². The second-order valence-corrected chi connectivity index (χ2v) is 3.11. The fraction of sp³-hybridized carbons (Fsp3) is 1.00. The van der Waals surface area contributed by atoms with Gasteiger partial charge in [-0.1, -0.05) is 0 Å². The third-order valence-corrected chi connectivity index (χ3v) is 1.60. The van der Waals surface area contributed by atoms with Gasteiger partial charge in [-0.25, -0.2) is 8.78 Å². The van der Waals surface area contributed by atoms with Crippen molar-refractivity contribution >= 4 is 0 Å². The molecular weight excluding hydrogens is 261 g/mol. The molecule has 0 N–H and O–H groups in total. The lowest BCUT2D eigenvalue weighted by molar-refractivity contribution is -0.274. The Morgan fingerprint density at radius 2 is 1.53 bits per heavy atom. The van der Waals surface area contributed by atoms with E-state index >= 15 is 0 Å². The molecule has 0 bridgehead atoms. The van der Waals surface area contributed by atoms with E-state index in [1.807, 2.05) is 0 Å². The lowest BCUT2D eigenvalue weighted by Crippen LogP contribution is -2.33. The van der Waals surface area contributed by atoms with E-state index in [9.17, 15) is 30.7 Å². The lowest BCUT2D eigenvalue weighted by atomic mass is 10.4. The van der Waals surface area contributed by atoms with Crippen molar-refractivity contribution in [3.63, 3.8) is 0 Å². The van der Waals surface area contributed by atoms with Gasteiger partial charge in [-0.15, -0.1) is 0 Å². The normalized spacial score (nSPS) is 16.9. The summed E-state index contributed by atoms with van der Waals surface area (Å²) in [4.78, 5) is 0. The molecule has 2 unspecified atom stereocenters. The first kappa shape index (κ1) is 16.4.